The van der Waals surface area contributed by atoms with Crippen LogP contribution in [0.1, 0.15) is 31.1 Å². The van der Waals surface area contributed by atoms with E-state index in [1.165, 1.54) is 0 Å². The Labute approximate surface area is 122 Å². The summed E-state index contributed by atoms with van der Waals surface area (Å²) in [4.78, 5) is 8.86. The van der Waals surface area contributed by atoms with Crippen molar-refractivity contribution < 1.29 is 4.52 Å². The molecule has 21 heavy (non-hydrogen) atoms. The highest BCUT2D eigenvalue weighted by molar-refractivity contribution is 5.82. The van der Waals surface area contributed by atoms with Crippen LogP contribution in [-0.4, -0.2) is 21.2 Å². The lowest BCUT2D eigenvalue weighted by atomic mass is 10.1. The molecule has 2 aromatic heterocycles. The maximum absolute atomic E-state index is 5.95. The van der Waals surface area contributed by atoms with Gasteiger partial charge in [-0.05, 0) is 43.5 Å². The zero-order valence-corrected chi connectivity index (χ0v) is 11.6. The van der Waals surface area contributed by atoms with E-state index < -0.39 is 0 Å². The topological polar surface area (TPSA) is 77.8 Å². The number of pyridine rings is 1. The van der Waals surface area contributed by atoms with Crippen molar-refractivity contribution in [3.63, 3.8) is 0 Å². The van der Waals surface area contributed by atoms with E-state index >= 15 is 0 Å². The summed E-state index contributed by atoms with van der Waals surface area (Å²) in [5.74, 6) is 1.66. The Kier molecular flexibility index (Phi) is 2.93. The number of nitrogens with zero attached hydrogens (tertiary/aromatic N) is 3. The van der Waals surface area contributed by atoms with Crippen LogP contribution in [0.2, 0.25) is 0 Å². The molecule has 1 aromatic carbocycles. The summed E-state index contributed by atoms with van der Waals surface area (Å²) in [6.45, 7) is 0. The second-order valence-electron chi connectivity index (χ2n) is 5.64. The van der Waals surface area contributed by atoms with Crippen LogP contribution >= 0.6 is 0 Å². The van der Waals surface area contributed by atoms with Crippen LogP contribution in [0.25, 0.3) is 22.3 Å². The van der Waals surface area contributed by atoms with Gasteiger partial charge >= 0.3 is 0 Å². The summed E-state index contributed by atoms with van der Waals surface area (Å²) in [5.41, 5.74) is 7.86. The van der Waals surface area contributed by atoms with Crippen LogP contribution in [0.3, 0.4) is 0 Å². The molecule has 2 N–H and O–H groups in total. The van der Waals surface area contributed by atoms with Crippen LogP contribution < -0.4 is 5.73 Å². The third-order valence-electron chi connectivity index (χ3n) is 4.13. The van der Waals surface area contributed by atoms with Crippen molar-refractivity contribution in [2.24, 2.45) is 5.73 Å². The van der Waals surface area contributed by atoms with Gasteiger partial charge in [0.15, 0.2) is 0 Å². The van der Waals surface area contributed by atoms with E-state index in [-0.39, 0.29) is 6.04 Å². The molecule has 4 rings (SSSR count). The van der Waals surface area contributed by atoms with Crippen molar-refractivity contribution in [3.05, 3.63) is 42.4 Å². The second kappa shape index (κ2) is 4.93. The minimum Gasteiger partial charge on any atom is -0.339 e. The molecule has 0 unspecified atom stereocenters. The molecule has 1 aliphatic rings. The van der Waals surface area contributed by atoms with Gasteiger partial charge in [0.05, 0.1) is 5.52 Å². The third-order valence-corrected chi connectivity index (χ3v) is 4.13. The van der Waals surface area contributed by atoms with Crippen molar-refractivity contribution in [2.45, 2.75) is 31.2 Å². The van der Waals surface area contributed by atoms with Gasteiger partial charge in [0.2, 0.25) is 11.7 Å². The molecule has 2 heterocycles. The summed E-state index contributed by atoms with van der Waals surface area (Å²) in [6.07, 6.45) is 4.79. The highest BCUT2D eigenvalue weighted by Gasteiger charge is 2.28. The largest absolute Gasteiger partial charge is 0.339 e. The van der Waals surface area contributed by atoms with E-state index in [0.29, 0.717) is 17.6 Å². The lowest BCUT2D eigenvalue weighted by Crippen LogP contribution is -2.14. The van der Waals surface area contributed by atoms with Crippen LogP contribution in [0.15, 0.2) is 41.1 Å². The lowest BCUT2D eigenvalue weighted by molar-refractivity contribution is 0.353. The predicted octanol–water partition coefficient (Wildman–Crippen LogP) is 2.88. The Morgan fingerprint density at radius 1 is 1.19 bits per heavy atom. The summed E-state index contributed by atoms with van der Waals surface area (Å²) < 4.78 is 5.43. The first-order valence-corrected chi connectivity index (χ1v) is 7.24. The van der Waals surface area contributed by atoms with Crippen LogP contribution in [0.5, 0.6) is 0 Å². The van der Waals surface area contributed by atoms with Gasteiger partial charge in [-0.2, -0.15) is 4.98 Å². The molecule has 1 aliphatic carbocycles. The van der Waals surface area contributed by atoms with Crippen molar-refractivity contribution in [1.29, 1.82) is 0 Å². The van der Waals surface area contributed by atoms with E-state index in [1.54, 1.807) is 6.20 Å². The Morgan fingerprint density at radius 3 is 3.00 bits per heavy atom. The lowest BCUT2D eigenvalue weighted by Gasteiger charge is -2.01. The number of rotatable bonds is 2. The van der Waals surface area contributed by atoms with E-state index in [1.807, 2.05) is 30.3 Å². The van der Waals surface area contributed by atoms with Gasteiger partial charge in [-0.3, -0.25) is 4.98 Å². The van der Waals surface area contributed by atoms with Crippen molar-refractivity contribution in [1.82, 2.24) is 15.1 Å². The molecular formula is C16H16N4O. The van der Waals surface area contributed by atoms with E-state index in [2.05, 4.69) is 15.1 Å². The first kappa shape index (κ1) is 12.5. The molecule has 106 valence electrons. The van der Waals surface area contributed by atoms with Crippen molar-refractivity contribution in [2.75, 3.05) is 0 Å². The average molecular weight is 280 g/mol. The first-order chi connectivity index (χ1) is 10.3. The molecule has 5 nitrogen and oxygen atoms in total. The molecular weight excluding hydrogens is 264 g/mol. The number of hydrogen-bond donors (Lipinski definition) is 1. The predicted molar refractivity (Wildman–Crippen MR) is 79.6 cm³/mol. The zero-order chi connectivity index (χ0) is 14.2. The quantitative estimate of drug-likeness (QED) is 0.781. The second-order valence-corrected chi connectivity index (χ2v) is 5.64. The molecule has 0 saturated heterocycles. The highest BCUT2D eigenvalue weighted by Crippen LogP contribution is 2.33. The Hall–Kier alpha value is -2.27. The van der Waals surface area contributed by atoms with Crippen LogP contribution in [0, 0.1) is 0 Å². The molecule has 5 heteroatoms. The van der Waals surface area contributed by atoms with Gasteiger partial charge in [0.1, 0.15) is 0 Å². The number of fused-ring (bicyclic) bond motifs is 1. The molecule has 0 radical (unpaired) electrons. The Morgan fingerprint density at radius 2 is 2.14 bits per heavy atom. The summed E-state index contributed by atoms with van der Waals surface area (Å²) in [7, 11) is 0. The fraction of sp³-hybridized carbons (Fsp3) is 0.312. The van der Waals surface area contributed by atoms with Gasteiger partial charge in [-0.25, -0.2) is 0 Å². The maximum Gasteiger partial charge on any atom is 0.230 e. The monoisotopic (exact) mass is 280 g/mol. The molecule has 0 bridgehead atoms. The number of aromatic nitrogens is 3. The fourth-order valence-corrected chi connectivity index (χ4v) is 2.97. The molecule has 0 aliphatic heterocycles. The van der Waals surface area contributed by atoms with Gasteiger partial charge in [0.25, 0.3) is 0 Å². The van der Waals surface area contributed by atoms with Gasteiger partial charge in [0, 0.05) is 29.1 Å². The van der Waals surface area contributed by atoms with Gasteiger partial charge < -0.3 is 10.3 Å². The first-order valence-electron chi connectivity index (χ1n) is 7.24. The van der Waals surface area contributed by atoms with Crippen molar-refractivity contribution in [3.8, 4) is 11.4 Å². The SMILES string of the molecule is N[C@H]1CC[C@@H](c2nc(-c3ccc4ncccc4c3)no2)C1. The number of benzene rings is 1. The third kappa shape index (κ3) is 2.29. The van der Waals surface area contributed by atoms with E-state index in [4.69, 9.17) is 10.3 Å². The molecule has 1 fully saturated rings. The molecule has 0 amide bonds. The normalized spacial score (nSPS) is 22.0. The minimum atomic E-state index is 0.261. The standard InChI is InChI=1S/C16H16N4O/c17-13-5-3-12(9-13)16-19-15(20-21-16)11-4-6-14-10(8-11)2-1-7-18-14/h1-2,4,6-8,12-13H,3,5,9,17H2/t12-,13+/m1/s1. The fourth-order valence-electron chi connectivity index (χ4n) is 2.97. The molecule has 3 aromatic rings. The molecule has 2 atom stereocenters. The Bertz CT molecular complexity index is 783. The van der Waals surface area contributed by atoms with Crippen LogP contribution in [0.4, 0.5) is 0 Å². The summed E-state index contributed by atoms with van der Waals surface area (Å²) in [6, 6.07) is 10.2. The molecule has 0 spiro atoms. The molecule has 1 saturated carbocycles. The van der Waals surface area contributed by atoms with Gasteiger partial charge in [-0.15, -0.1) is 0 Å². The van der Waals surface area contributed by atoms with E-state index in [0.717, 1.165) is 35.7 Å². The van der Waals surface area contributed by atoms with Crippen LogP contribution in [-0.2, 0) is 0 Å². The highest BCUT2D eigenvalue weighted by atomic mass is 16.5. The number of nitrogens with two attached hydrogens (primary N) is 1. The average Bonchev–Trinajstić information content (AvgIpc) is 3.15. The summed E-state index contributed by atoms with van der Waals surface area (Å²) >= 11 is 0. The van der Waals surface area contributed by atoms with Gasteiger partial charge in [-0.1, -0.05) is 11.2 Å². The van der Waals surface area contributed by atoms with E-state index in [9.17, 15) is 0 Å². The zero-order valence-electron chi connectivity index (χ0n) is 11.6. The Balaban J connectivity index is 1.67. The minimum absolute atomic E-state index is 0.261. The summed E-state index contributed by atoms with van der Waals surface area (Å²) in [5, 5.41) is 5.19. The number of hydrogen-bond acceptors (Lipinski definition) is 5. The van der Waals surface area contributed by atoms with Crippen molar-refractivity contribution >= 4 is 10.9 Å². The smallest absolute Gasteiger partial charge is 0.230 e. The maximum atomic E-state index is 5.95.